The standard InChI is InChI=1S/C24H23N3O3/c1-5-16-11-18(9-10-21(16)24(28)29-4)17-7-6-8-19(12-17)30-20-13-22-23(25-14-20)15(2)26-27(22)3/h6-14H,5H2,1-4H3. The molecule has 0 unspecified atom stereocenters. The lowest BCUT2D eigenvalue weighted by molar-refractivity contribution is 0.0599. The lowest BCUT2D eigenvalue weighted by Gasteiger charge is -2.11. The summed E-state index contributed by atoms with van der Waals surface area (Å²) in [6.45, 7) is 3.96. The number of esters is 1. The van der Waals surface area contributed by atoms with Crippen molar-refractivity contribution in [3.8, 4) is 22.6 Å². The summed E-state index contributed by atoms with van der Waals surface area (Å²) in [5.74, 6) is 1.05. The Morgan fingerprint density at radius 3 is 2.63 bits per heavy atom. The molecule has 2 aromatic carbocycles. The molecule has 6 heteroatoms. The number of carbonyl (C=O) groups excluding carboxylic acids is 1. The largest absolute Gasteiger partial charge is 0.465 e. The van der Waals surface area contributed by atoms with Crippen LogP contribution in [0, 0.1) is 6.92 Å². The smallest absolute Gasteiger partial charge is 0.338 e. The van der Waals surface area contributed by atoms with Gasteiger partial charge in [-0.2, -0.15) is 5.10 Å². The summed E-state index contributed by atoms with van der Waals surface area (Å²) in [7, 11) is 3.29. The SMILES string of the molecule is CCc1cc(-c2cccc(Oc3cnc4c(C)nn(C)c4c3)c2)ccc1C(=O)OC. The Kier molecular flexibility index (Phi) is 5.23. The Balaban J connectivity index is 1.65. The van der Waals surface area contributed by atoms with Crippen molar-refractivity contribution < 1.29 is 14.3 Å². The first-order valence-corrected chi connectivity index (χ1v) is 9.79. The summed E-state index contributed by atoms with van der Waals surface area (Å²) in [6, 6.07) is 15.6. The fourth-order valence-electron chi connectivity index (χ4n) is 3.59. The van der Waals surface area contributed by atoms with Crippen molar-refractivity contribution >= 4 is 17.0 Å². The van der Waals surface area contributed by atoms with Gasteiger partial charge in [0.2, 0.25) is 0 Å². The number of benzene rings is 2. The number of hydrogen-bond acceptors (Lipinski definition) is 5. The van der Waals surface area contributed by atoms with Gasteiger partial charge < -0.3 is 9.47 Å². The summed E-state index contributed by atoms with van der Waals surface area (Å²) in [6.07, 6.45) is 2.45. The van der Waals surface area contributed by atoms with Gasteiger partial charge in [0.1, 0.15) is 17.0 Å². The van der Waals surface area contributed by atoms with Gasteiger partial charge in [-0.3, -0.25) is 4.68 Å². The van der Waals surface area contributed by atoms with Crippen LogP contribution >= 0.6 is 0 Å². The minimum Gasteiger partial charge on any atom is -0.465 e. The maximum atomic E-state index is 12.0. The second-order valence-electron chi connectivity index (χ2n) is 7.09. The Morgan fingerprint density at radius 1 is 1.07 bits per heavy atom. The molecule has 4 rings (SSSR count). The number of hydrogen-bond donors (Lipinski definition) is 0. The van der Waals surface area contributed by atoms with E-state index < -0.39 is 0 Å². The molecule has 0 spiro atoms. The highest BCUT2D eigenvalue weighted by molar-refractivity contribution is 5.92. The van der Waals surface area contributed by atoms with Crippen LogP contribution in [0.2, 0.25) is 0 Å². The van der Waals surface area contributed by atoms with E-state index >= 15 is 0 Å². The van der Waals surface area contributed by atoms with Gasteiger partial charge in [0.25, 0.3) is 0 Å². The highest BCUT2D eigenvalue weighted by Gasteiger charge is 2.13. The van der Waals surface area contributed by atoms with E-state index in [2.05, 4.69) is 10.1 Å². The molecule has 0 radical (unpaired) electrons. The molecule has 2 aromatic heterocycles. The molecule has 0 saturated heterocycles. The molecule has 0 aliphatic carbocycles. The minimum atomic E-state index is -0.316. The molecular formula is C24H23N3O3. The lowest BCUT2D eigenvalue weighted by Crippen LogP contribution is -2.05. The fourth-order valence-corrected chi connectivity index (χ4v) is 3.59. The molecule has 152 valence electrons. The Hall–Kier alpha value is -3.67. The third-order valence-corrected chi connectivity index (χ3v) is 5.13. The van der Waals surface area contributed by atoms with E-state index in [-0.39, 0.29) is 5.97 Å². The van der Waals surface area contributed by atoms with Crippen LogP contribution in [0.15, 0.2) is 54.7 Å². The van der Waals surface area contributed by atoms with E-state index in [1.54, 1.807) is 10.9 Å². The quantitative estimate of drug-likeness (QED) is 0.436. The van der Waals surface area contributed by atoms with Crippen LogP contribution in [-0.2, 0) is 18.2 Å². The molecule has 0 aliphatic heterocycles. The number of fused-ring (bicyclic) bond motifs is 1. The number of nitrogens with zero attached hydrogens (tertiary/aromatic N) is 3. The van der Waals surface area contributed by atoms with E-state index in [4.69, 9.17) is 9.47 Å². The number of pyridine rings is 1. The molecule has 0 atom stereocenters. The Labute approximate surface area is 175 Å². The van der Waals surface area contributed by atoms with Gasteiger partial charge in [-0.05, 0) is 48.2 Å². The summed E-state index contributed by atoms with van der Waals surface area (Å²) >= 11 is 0. The number of aromatic nitrogens is 3. The first-order chi connectivity index (χ1) is 14.5. The molecule has 0 N–H and O–H groups in total. The van der Waals surface area contributed by atoms with Crippen LogP contribution in [0.1, 0.15) is 28.5 Å². The topological polar surface area (TPSA) is 66.2 Å². The molecule has 0 fully saturated rings. The van der Waals surface area contributed by atoms with Crippen LogP contribution in [0.4, 0.5) is 0 Å². The predicted molar refractivity (Wildman–Crippen MR) is 116 cm³/mol. The molecular weight excluding hydrogens is 378 g/mol. The van der Waals surface area contributed by atoms with Crippen LogP contribution in [0.3, 0.4) is 0 Å². The number of rotatable bonds is 5. The minimum absolute atomic E-state index is 0.316. The van der Waals surface area contributed by atoms with Gasteiger partial charge in [-0.25, -0.2) is 9.78 Å². The van der Waals surface area contributed by atoms with Crippen molar-refractivity contribution in [2.24, 2.45) is 7.05 Å². The van der Waals surface area contributed by atoms with E-state index in [9.17, 15) is 4.79 Å². The van der Waals surface area contributed by atoms with Gasteiger partial charge in [0, 0.05) is 13.1 Å². The zero-order valence-electron chi connectivity index (χ0n) is 17.5. The molecule has 0 amide bonds. The van der Waals surface area contributed by atoms with Crippen molar-refractivity contribution in [3.63, 3.8) is 0 Å². The van der Waals surface area contributed by atoms with Crippen molar-refractivity contribution in [2.45, 2.75) is 20.3 Å². The Morgan fingerprint density at radius 2 is 1.87 bits per heavy atom. The average molecular weight is 401 g/mol. The molecule has 0 aliphatic rings. The maximum Gasteiger partial charge on any atom is 0.338 e. The van der Waals surface area contributed by atoms with E-state index in [1.807, 2.05) is 69.4 Å². The maximum absolute atomic E-state index is 12.0. The van der Waals surface area contributed by atoms with E-state index in [1.165, 1.54) is 7.11 Å². The summed E-state index contributed by atoms with van der Waals surface area (Å²) in [4.78, 5) is 16.4. The van der Waals surface area contributed by atoms with Gasteiger partial charge in [0.15, 0.2) is 0 Å². The second kappa shape index (κ2) is 7.99. The van der Waals surface area contributed by atoms with E-state index in [0.717, 1.165) is 39.8 Å². The molecule has 0 saturated carbocycles. The van der Waals surface area contributed by atoms with Crippen LogP contribution in [0.5, 0.6) is 11.5 Å². The normalized spacial score (nSPS) is 10.9. The van der Waals surface area contributed by atoms with Gasteiger partial charge in [0.05, 0.1) is 30.1 Å². The number of ether oxygens (including phenoxy) is 2. The van der Waals surface area contributed by atoms with E-state index in [0.29, 0.717) is 17.1 Å². The Bertz CT molecular complexity index is 1240. The molecule has 4 aromatic rings. The third-order valence-electron chi connectivity index (χ3n) is 5.13. The van der Waals surface area contributed by atoms with Crippen molar-refractivity contribution in [1.29, 1.82) is 0 Å². The summed E-state index contributed by atoms with van der Waals surface area (Å²) in [5.41, 5.74) is 6.26. The highest BCUT2D eigenvalue weighted by atomic mass is 16.5. The molecule has 6 nitrogen and oxygen atoms in total. The second-order valence-corrected chi connectivity index (χ2v) is 7.09. The van der Waals surface area contributed by atoms with Gasteiger partial charge >= 0.3 is 5.97 Å². The average Bonchev–Trinajstić information content (AvgIpc) is 3.05. The number of aryl methyl sites for hydroxylation is 3. The van der Waals surface area contributed by atoms with Crippen LogP contribution < -0.4 is 4.74 Å². The lowest BCUT2D eigenvalue weighted by atomic mass is 9.97. The zero-order valence-corrected chi connectivity index (χ0v) is 17.5. The zero-order chi connectivity index (χ0) is 21.3. The highest BCUT2D eigenvalue weighted by Crippen LogP contribution is 2.30. The summed E-state index contributed by atoms with van der Waals surface area (Å²) in [5, 5.41) is 4.40. The van der Waals surface area contributed by atoms with Gasteiger partial charge in [-0.15, -0.1) is 0 Å². The predicted octanol–water partition coefficient (Wildman–Crippen LogP) is 5.09. The molecule has 2 heterocycles. The molecule has 30 heavy (non-hydrogen) atoms. The molecule has 0 bridgehead atoms. The first kappa shape index (κ1) is 19.6. The number of carbonyl (C=O) groups is 1. The van der Waals surface area contributed by atoms with Gasteiger partial charge in [-0.1, -0.05) is 31.2 Å². The van der Waals surface area contributed by atoms with Crippen LogP contribution in [0.25, 0.3) is 22.2 Å². The summed E-state index contributed by atoms with van der Waals surface area (Å²) < 4.78 is 12.8. The van der Waals surface area contributed by atoms with Crippen molar-refractivity contribution in [2.75, 3.05) is 7.11 Å². The van der Waals surface area contributed by atoms with Crippen molar-refractivity contribution in [3.05, 3.63) is 71.5 Å². The van der Waals surface area contributed by atoms with Crippen LogP contribution in [-0.4, -0.2) is 27.8 Å². The fraction of sp³-hybridized carbons (Fsp3) is 0.208. The first-order valence-electron chi connectivity index (χ1n) is 9.79. The monoisotopic (exact) mass is 401 g/mol. The number of methoxy groups -OCH3 is 1. The van der Waals surface area contributed by atoms with Crippen molar-refractivity contribution in [1.82, 2.24) is 14.8 Å². The third kappa shape index (κ3) is 3.64.